The Labute approximate surface area is 143 Å². The lowest BCUT2D eigenvalue weighted by molar-refractivity contribution is -0.121. The van der Waals surface area contributed by atoms with E-state index in [4.69, 9.17) is 5.11 Å². The molecule has 134 valence electrons. The van der Waals surface area contributed by atoms with Gasteiger partial charge in [-0.15, -0.1) is 0 Å². The van der Waals surface area contributed by atoms with Crippen molar-refractivity contribution in [1.29, 1.82) is 0 Å². The van der Waals surface area contributed by atoms with Crippen LogP contribution < -0.4 is 5.32 Å². The van der Waals surface area contributed by atoms with Crippen molar-refractivity contribution in [3.63, 3.8) is 0 Å². The first-order valence-corrected chi connectivity index (χ1v) is 9.98. The summed E-state index contributed by atoms with van der Waals surface area (Å²) in [6, 6.07) is 7.07. The summed E-state index contributed by atoms with van der Waals surface area (Å²) < 4.78 is 25.0. The zero-order valence-corrected chi connectivity index (χ0v) is 15.2. The third-order valence-corrected chi connectivity index (χ3v) is 5.81. The van der Waals surface area contributed by atoms with Crippen molar-refractivity contribution in [3.8, 4) is 0 Å². The maximum atomic E-state index is 12.3. The Morgan fingerprint density at radius 3 is 2.33 bits per heavy atom. The quantitative estimate of drug-likeness (QED) is 0.789. The summed E-state index contributed by atoms with van der Waals surface area (Å²) in [5.74, 6) is 0.282. The normalized spacial score (nSPS) is 22.0. The average Bonchev–Trinajstić information content (AvgIpc) is 2.92. The highest BCUT2D eigenvalue weighted by molar-refractivity contribution is 7.88. The van der Waals surface area contributed by atoms with E-state index in [9.17, 15) is 13.2 Å². The fraction of sp³-hybridized carbons (Fsp3) is 0.588. The van der Waals surface area contributed by atoms with Crippen molar-refractivity contribution in [2.75, 3.05) is 19.3 Å². The Morgan fingerprint density at radius 1 is 1.25 bits per heavy atom. The first-order valence-electron chi connectivity index (χ1n) is 8.14. The first kappa shape index (κ1) is 18.9. The monoisotopic (exact) mass is 354 g/mol. The van der Waals surface area contributed by atoms with Crippen LogP contribution in [0.1, 0.15) is 25.0 Å². The minimum atomic E-state index is -3.25. The van der Waals surface area contributed by atoms with E-state index >= 15 is 0 Å². The second kappa shape index (κ2) is 7.63. The number of nitrogens with zero attached hydrogens (tertiary/aromatic N) is 1. The van der Waals surface area contributed by atoms with Crippen LogP contribution in [0.3, 0.4) is 0 Å². The number of sulfonamides is 1. The molecule has 1 aromatic rings. The van der Waals surface area contributed by atoms with Crippen LogP contribution in [0, 0.1) is 11.8 Å². The van der Waals surface area contributed by atoms with Gasteiger partial charge in [0.1, 0.15) is 0 Å². The molecule has 1 fully saturated rings. The molecule has 24 heavy (non-hydrogen) atoms. The van der Waals surface area contributed by atoms with E-state index in [0.29, 0.717) is 13.1 Å². The molecule has 0 unspecified atom stereocenters. The molecule has 2 rings (SSSR count). The van der Waals surface area contributed by atoms with Crippen LogP contribution in [-0.2, 0) is 27.8 Å². The largest absolute Gasteiger partial charge is 0.392 e. The summed E-state index contributed by atoms with van der Waals surface area (Å²) >= 11 is 0. The van der Waals surface area contributed by atoms with E-state index < -0.39 is 10.0 Å². The van der Waals surface area contributed by atoms with E-state index in [1.807, 2.05) is 26.0 Å². The number of amides is 1. The third-order valence-electron chi connectivity index (χ3n) is 4.57. The summed E-state index contributed by atoms with van der Waals surface area (Å²) in [4.78, 5) is 12.3. The Hall–Kier alpha value is -1.44. The van der Waals surface area contributed by atoms with Crippen LogP contribution in [-0.4, -0.2) is 49.1 Å². The lowest BCUT2D eigenvalue weighted by atomic mass is 9.91. The number of hydrogen-bond acceptors (Lipinski definition) is 4. The van der Waals surface area contributed by atoms with E-state index in [2.05, 4.69) is 5.32 Å². The molecule has 0 bridgehead atoms. The second-order valence-corrected chi connectivity index (χ2v) is 8.80. The molecule has 6 nitrogen and oxygen atoms in total. The maximum Gasteiger partial charge on any atom is 0.224 e. The van der Waals surface area contributed by atoms with Crippen LogP contribution in [0.15, 0.2) is 24.3 Å². The van der Waals surface area contributed by atoms with Gasteiger partial charge in [0.15, 0.2) is 0 Å². The van der Waals surface area contributed by atoms with Gasteiger partial charge in [-0.3, -0.25) is 4.79 Å². The predicted molar refractivity (Wildman–Crippen MR) is 92.7 cm³/mol. The van der Waals surface area contributed by atoms with E-state index in [0.717, 1.165) is 11.1 Å². The summed E-state index contributed by atoms with van der Waals surface area (Å²) in [5, 5.41) is 12.0. The molecule has 1 amide bonds. The van der Waals surface area contributed by atoms with E-state index in [-0.39, 0.29) is 36.8 Å². The average molecular weight is 354 g/mol. The van der Waals surface area contributed by atoms with Gasteiger partial charge in [-0.2, -0.15) is 4.31 Å². The lowest BCUT2D eigenvalue weighted by Gasteiger charge is -2.22. The highest BCUT2D eigenvalue weighted by Gasteiger charge is 2.39. The second-order valence-electron chi connectivity index (χ2n) is 6.81. The van der Waals surface area contributed by atoms with Crippen molar-refractivity contribution in [2.24, 2.45) is 11.8 Å². The molecule has 1 saturated heterocycles. The third kappa shape index (κ3) is 4.78. The van der Waals surface area contributed by atoms with E-state index in [1.165, 1.54) is 10.6 Å². The van der Waals surface area contributed by atoms with Gasteiger partial charge in [0.2, 0.25) is 15.9 Å². The smallest absolute Gasteiger partial charge is 0.224 e. The zero-order chi connectivity index (χ0) is 17.9. The minimum absolute atomic E-state index is 0.0219. The van der Waals surface area contributed by atoms with Gasteiger partial charge in [0.25, 0.3) is 0 Å². The Bertz CT molecular complexity index is 670. The van der Waals surface area contributed by atoms with Gasteiger partial charge in [-0.1, -0.05) is 38.1 Å². The van der Waals surface area contributed by atoms with Gasteiger partial charge in [0, 0.05) is 19.1 Å². The lowest BCUT2D eigenvalue weighted by Crippen LogP contribution is -2.42. The summed E-state index contributed by atoms with van der Waals surface area (Å²) in [7, 11) is -3.25. The van der Waals surface area contributed by atoms with Crippen molar-refractivity contribution in [3.05, 3.63) is 35.4 Å². The fourth-order valence-corrected chi connectivity index (χ4v) is 3.97. The molecule has 1 aromatic carbocycles. The standard InChI is InChI=1S/C17H26N2O4S/c1-12(2)15-9-19(24(3,22)23)10-16(15)18-17(21)8-13-4-6-14(11-20)7-5-13/h4-7,12,15-16,20H,8-11H2,1-3H3,(H,18,21)/t15-,16+/m1/s1. The molecule has 0 spiro atoms. The highest BCUT2D eigenvalue weighted by atomic mass is 32.2. The Kier molecular flexibility index (Phi) is 6.01. The van der Waals surface area contributed by atoms with E-state index in [1.54, 1.807) is 12.1 Å². The summed E-state index contributed by atoms with van der Waals surface area (Å²) in [5.41, 5.74) is 1.67. The summed E-state index contributed by atoms with van der Waals surface area (Å²) in [6.45, 7) is 4.85. The van der Waals surface area contributed by atoms with Gasteiger partial charge < -0.3 is 10.4 Å². The molecule has 0 radical (unpaired) electrons. The molecular formula is C17H26N2O4S. The number of benzene rings is 1. The maximum absolute atomic E-state index is 12.3. The first-order chi connectivity index (χ1) is 11.2. The highest BCUT2D eigenvalue weighted by Crippen LogP contribution is 2.26. The Morgan fingerprint density at radius 2 is 1.83 bits per heavy atom. The number of carbonyl (C=O) groups excluding carboxylic acids is 1. The van der Waals surface area contributed by atoms with Crippen LogP contribution in [0.4, 0.5) is 0 Å². The Balaban J connectivity index is 2.00. The molecule has 2 atom stereocenters. The van der Waals surface area contributed by atoms with Gasteiger partial charge in [-0.25, -0.2) is 8.42 Å². The minimum Gasteiger partial charge on any atom is -0.392 e. The van der Waals surface area contributed by atoms with Crippen LogP contribution in [0.5, 0.6) is 0 Å². The number of hydrogen-bond donors (Lipinski definition) is 2. The molecule has 7 heteroatoms. The molecule has 1 heterocycles. The molecule has 0 aliphatic carbocycles. The fourth-order valence-electron chi connectivity index (χ4n) is 3.10. The zero-order valence-electron chi connectivity index (χ0n) is 14.4. The topological polar surface area (TPSA) is 86.7 Å². The van der Waals surface area contributed by atoms with Crippen molar-refractivity contribution in [1.82, 2.24) is 9.62 Å². The number of aliphatic hydroxyl groups is 1. The number of carbonyl (C=O) groups is 1. The number of aliphatic hydroxyl groups excluding tert-OH is 1. The van der Waals surface area contributed by atoms with Crippen molar-refractivity contribution in [2.45, 2.75) is 32.9 Å². The molecular weight excluding hydrogens is 328 g/mol. The molecule has 0 aromatic heterocycles. The van der Waals surface area contributed by atoms with Gasteiger partial charge in [-0.05, 0) is 23.0 Å². The molecule has 1 aliphatic rings. The van der Waals surface area contributed by atoms with Crippen LogP contribution in [0.2, 0.25) is 0 Å². The predicted octanol–water partition coefficient (Wildman–Crippen LogP) is 0.754. The summed E-state index contributed by atoms with van der Waals surface area (Å²) in [6.07, 6.45) is 1.45. The molecule has 2 N–H and O–H groups in total. The van der Waals surface area contributed by atoms with Crippen LogP contribution >= 0.6 is 0 Å². The van der Waals surface area contributed by atoms with Crippen LogP contribution in [0.25, 0.3) is 0 Å². The van der Waals surface area contributed by atoms with Crippen molar-refractivity contribution < 1.29 is 18.3 Å². The molecule has 0 saturated carbocycles. The van der Waals surface area contributed by atoms with Gasteiger partial charge in [0.05, 0.1) is 19.3 Å². The SMILES string of the molecule is CC(C)[C@H]1CN(S(C)(=O)=O)C[C@@H]1NC(=O)Cc1ccc(CO)cc1. The van der Waals surface area contributed by atoms with Gasteiger partial charge >= 0.3 is 0 Å². The number of nitrogens with one attached hydrogen (secondary N) is 1. The number of rotatable bonds is 6. The molecule has 1 aliphatic heterocycles. The van der Waals surface area contributed by atoms with Crippen molar-refractivity contribution >= 4 is 15.9 Å².